The number of nitrogens with one attached hydrogen (secondary N) is 1. The molecule has 0 atom stereocenters. The van der Waals surface area contributed by atoms with E-state index in [9.17, 15) is 9.59 Å². The maximum absolute atomic E-state index is 13.7. The second-order valence-electron chi connectivity index (χ2n) is 13.5. The number of carbonyl (C=O) groups excluding carboxylic acids is 1. The molecule has 5 rings (SSSR count). The van der Waals surface area contributed by atoms with Crippen LogP contribution in [0.1, 0.15) is 75.9 Å². The number of aryl methyl sites for hydroxylation is 1. The number of aliphatic carboxylic acids is 1. The third-order valence-electron chi connectivity index (χ3n) is 7.88. The van der Waals surface area contributed by atoms with E-state index in [1.165, 1.54) is 4.68 Å². The van der Waals surface area contributed by atoms with Crippen LogP contribution in [0, 0.1) is 17.7 Å². The molecule has 2 aliphatic rings. The van der Waals surface area contributed by atoms with Crippen molar-refractivity contribution in [1.29, 1.82) is 5.41 Å². The van der Waals surface area contributed by atoms with Crippen molar-refractivity contribution < 1.29 is 24.2 Å². The second-order valence-corrected chi connectivity index (χ2v) is 13.5. The van der Waals surface area contributed by atoms with E-state index in [4.69, 9.17) is 20.0 Å². The molecule has 0 bridgehead atoms. The summed E-state index contributed by atoms with van der Waals surface area (Å²) in [5, 5.41) is 26.3. The number of hydrogen-bond acceptors (Lipinski definition) is 9. The van der Waals surface area contributed by atoms with Crippen LogP contribution in [-0.4, -0.2) is 82.8 Å². The van der Waals surface area contributed by atoms with Crippen LogP contribution in [0.2, 0.25) is 0 Å². The number of ether oxygens (including phenoxy) is 2. The third-order valence-corrected chi connectivity index (χ3v) is 7.88. The van der Waals surface area contributed by atoms with Gasteiger partial charge in [-0.05, 0) is 69.7 Å². The number of nitrogens with zero attached hydrogens (tertiary/aromatic N) is 6. The molecule has 2 N–H and O–H groups in total. The Balaban J connectivity index is 0.000000566. The lowest BCUT2D eigenvalue weighted by molar-refractivity contribution is -0.145. The van der Waals surface area contributed by atoms with E-state index < -0.39 is 11.4 Å². The van der Waals surface area contributed by atoms with Gasteiger partial charge in [0.1, 0.15) is 18.1 Å². The van der Waals surface area contributed by atoms with Gasteiger partial charge in [-0.25, -0.2) is 4.68 Å². The van der Waals surface area contributed by atoms with Crippen LogP contribution in [0.25, 0.3) is 5.65 Å². The van der Waals surface area contributed by atoms with Gasteiger partial charge in [-0.1, -0.05) is 20.8 Å². The molecule has 0 radical (unpaired) electrons. The minimum atomic E-state index is -0.757. The second kappa shape index (κ2) is 13.0. The van der Waals surface area contributed by atoms with Crippen LogP contribution in [0.15, 0.2) is 18.2 Å². The lowest BCUT2D eigenvalue weighted by atomic mass is 9.84. The number of hydrogen-bond donors (Lipinski definition) is 2. The zero-order valence-corrected chi connectivity index (χ0v) is 27.4. The summed E-state index contributed by atoms with van der Waals surface area (Å²) in [6.45, 7) is 18.0. The van der Waals surface area contributed by atoms with Gasteiger partial charge in [0, 0.05) is 37.3 Å². The van der Waals surface area contributed by atoms with Gasteiger partial charge in [0.2, 0.25) is 5.62 Å². The fraction of sp³-hybridized carbons (Fsp3) is 0.594. The summed E-state index contributed by atoms with van der Waals surface area (Å²) in [6, 6.07) is 5.86. The first-order valence-electron chi connectivity index (χ1n) is 15.2. The number of rotatable bonds is 6. The van der Waals surface area contributed by atoms with Crippen LogP contribution in [0.4, 0.5) is 11.5 Å². The van der Waals surface area contributed by atoms with E-state index >= 15 is 0 Å². The maximum Gasteiger partial charge on any atom is 0.308 e. The fourth-order valence-electron chi connectivity index (χ4n) is 5.17. The Bertz CT molecular complexity index is 1570. The summed E-state index contributed by atoms with van der Waals surface area (Å²) in [5.74, 6) is 0.781. The predicted molar refractivity (Wildman–Crippen MR) is 169 cm³/mol. The Morgan fingerprint density at radius 1 is 0.977 bits per heavy atom. The molecule has 1 aromatic carbocycles. The van der Waals surface area contributed by atoms with Gasteiger partial charge in [0.15, 0.2) is 11.4 Å². The molecule has 2 fully saturated rings. The molecule has 0 saturated carbocycles. The summed E-state index contributed by atoms with van der Waals surface area (Å²) in [7, 11) is 1.68. The van der Waals surface area contributed by atoms with Crippen molar-refractivity contribution >= 4 is 28.9 Å². The van der Waals surface area contributed by atoms with E-state index in [0.29, 0.717) is 24.4 Å². The van der Waals surface area contributed by atoms with Crippen molar-refractivity contribution in [3.05, 3.63) is 40.5 Å². The number of ketones is 1. The van der Waals surface area contributed by atoms with Crippen LogP contribution in [-0.2, 0) is 21.5 Å². The average molecular weight is 610 g/mol. The van der Waals surface area contributed by atoms with Crippen molar-refractivity contribution in [3.8, 4) is 5.75 Å². The fourth-order valence-corrected chi connectivity index (χ4v) is 5.17. The molecule has 3 aromatic rings. The van der Waals surface area contributed by atoms with E-state index in [0.717, 1.165) is 67.4 Å². The molecule has 240 valence electrons. The van der Waals surface area contributed by atoms with Crippen LogP contribution in [0.3, 0.4) is 0 Å². The molecule has 44 heavy (non-hydrogen) atoms. The number of carboxylic acid groups (broad SMARTS) is 1. The largest absolute Gasteiger partial charge is 0.494 e. The Morgan fingerprint density at radius 2 is 1.59 bits per heavy atom. The molecule has 4 heterocycles. The topological polar surface area (TPSA) is 138 Å². The number of methoxy groups -OCH3 is 1. The molecule has 0 aliphatic carbocycles. The number of anilines is 2. The van der Waals surface area contributed by atoms with Crippen LogP contribution >= 0.6 is 0 Å². The first kappa shape index (κ1) is 33.0. The first-order chi connectivity index (χ1) is 20.6. The number of carboxylic acids is 1. The minimum absolute atomic E-state index is 0.0425. The first-order valence-corrected chi connectivity index (χ1v) is 15.2. The smallest absolute Gasteiger partial charge is 0.308 e. The van der Waals surface area contributed by atoms with Gasteiger partial charge in [0.25, 0.3) is 0 Å². The van der Waals surface area contributed by atoms with Gasteiger partial charge in [-0.15, -0.1) is 10.2 Å². The number of benzene rings is 1. The third kappa shape index (κ3) is 7.23. The summed E-state index contributed by atoms with van der Waals surface area (Å²) >= 11 is 0. The van der Waals surface area contributed by atoms with Crippen molar-refractivity contribution in [1.82, 2.24) is 19.4 Å². The highest BCUT2D eigenvalue weighted by Gasteiger charge is 2.28. The number of Topliss-reactive ketones (excluding diaryl/α,β-unsaturated/α-hetero) is 1. The average Bonchev–Trinajstić information content (AvgIpc) is 3.61. The van der Waals surface area contributed by atoms with Gasteiger partial charge in [0.05, 0.1) is 31.4 Å². The zero-order valence-electron chi connectivity index (χ0n) is 27.4. The molecular formula is C32H47N7O5. The van der Waals surface area contributed by atoms with Gasteiger partial charge >= 0.3 is 5.97 Å². The highest BCUT2D eigenvalue weighted by Crippen LogP contribution is 2.40. The molecule has 2 saturated heterocycles. The molecule has 0 spiro atoms. The van der Waals surface area contributed by atoms with E-state index in [-0.39, 0.29) is 23.4 Å². The highest BCUT2D eigenvalue weighted by atomic mass is 16.5. The Hall–Kier alpha value is -3.93. The summed E-state index contributed by atoms with van der Waals surface area (Å²) < 4.78 is 14.4. The van der Waals surface area contributed by atoms with E-state index in [1.54, 1.807) is 32.4 Å². The molecule has 0 unspecified atom stereocenters. The summed E-state index contributed by atoms with van der Waals surface area (Å²) in [5.41, 5.74) is 3.27. The normalized spacial score (nSPS) is 15.7. The molecule has 0 amide bonds. The molecule has 12 nitrogen and oxygen atoms in total. The number of aromatic nitrogens is 4. The lowest BCUT2D eigenvalue weighted by Crippen LogP contribution is -2.37. The van der Waals surface area contributed by atoms with Crippen molar-refractivity contribution in [2.45, 2.75) is 73.3 Å². The summed E-state index contributed by atoms with van der Waals surface area (Å²) in [6.07, 6.45) is 2.30. The van der Waals surface area contributed by atoms with Gasteiger partial charge in [-0.3, -0.25) is 15.0 Å². The Labute approximate surface area is 259 Å². The number of fused-ring (bicyclic) bond motifs is 1. The van der Waals surface area contributed by atoms with Crippen molar-refractivity contribution in [3.63, 3.8) is 0 Å². The molecule has 12 heteroatoms. The number of carbonyl (C=O) groups is 2. The SMILES string of the molecule is CC(C)(C)C(=O)O.COc1c(N2CCOCC2)cc(C(=O)Cn2nc3c(C)cc(N4CCCC4)nn3c2=N)cc1C(C)(C)C. The highest BCUT2D eigenvalue weighted by molar-refractivity contribution is 5.98. The maximum atomic E-state index is 13.7. The summed E-state index contributed by atoms with van der Waals surface area (Å²) in [4.78, 5) is 28.1. The molecule has 2 aliphatic heterocycles. The van der Waals surface area contributed by atoms with Gasteiger partial charge < -0.3 is 24.4 Å². The predicted octanol–water partition coefficient (Wildman–Crippen LogP) is 4.06. The standard InChI is InChI=1S/C27H37N7O3.C5H10O2/c1-18-14-23(32-8-6-7-9-32)29-34-25(18)30-33(26(34)28)17-22(35)19-15-20(27(2,3)4)24(36-5)21(16-19)31-10-12-37-13-11-31;1-5(2,3)4(6)7/h14-16,28H,6-13,17H2,1-5H3;1-3H3,(H,6,7). The van der Waals surface area contributed by atoms with Crippen molar-refractivity contribution in [2.24, 2.45) is 5.41 Å². The van der Waals surface area contributed by atoms with Gasteiger partial charge in [-0.2, -0.15) is 4.52 Å². The number of morpholine rings is 1. The zero-order chi connectivity index (χ0) is 32.4. The monoisotopic (exact) mass is 609 g/mol. The van der Waals surface area contributed by atoms with Crippen LogP contribution < -0.4 is 20.2 Å². The minimum Gasteiger partial charge on any atom is -0.494 e. The van der Waals surface area contributed by atoms with E-state index in [1.807, 2.05) is 25.1 Å². The van der Waals surface area contributed by atoms with E-state index in [2.05, 4.69) is 40.8 Å². The quantitative estimate of drug-likeness (QED) is 0.396. The van der Waals surface area contributed by atoms with Crippen molar-refractivity contribution in [2.75, 3.05) is 56.3 Å². The lowest BCUT2D eigenvalue weighted by Gasteiger charge is -2.33. The Morgan fingerprint density at radius 3 is 2.14 bits per heavy atom. The van der Waals surface area contributed by atoms with Crippen LogP contribution in [0.5, 0.6) is 5.75 Å². The molecular weight excluding hydrogens is 562 g/mol. The molecule has 2 aromatic heterocycles. The Kier molecular flexibility index (Phi) is 9.72.